The highest BCUT2D eigenvalue weighted by Gasteiger charge is 2.31. The highest BCUT2D eigenvalue weighted by molar-refractivity contribution is 7.78. The van der Waals surface area contributed by atoms with E-state index in [0.717, 1.165) is 44.6 Å². The molecule has 2 aliphatic heterocycles. The number of aldehydes is 1. The lowest BCUT2D eigenvalue weighted by molar-refractivity contribution is -0.137. The zero-order valence-electron chi connectivity index (χ0n) is 19.2. The second-order valence-corrected chi connectivity index (χ2v) is 8.58. The van der Waals surface area contributed by atoms with Crippen LogP contribution in [-0.4, -0.2) is 46.1 Å². The number of nitrogens with two attached hydrogens (primary N) is 2. The van der Waals surface area contributed by atoms with E-state index in [2.05, 4.69) is 22.8 Å². The molecule has 0 aliphatic carbocycles. The van der Waals surface area contributed by atoms with Gasteiger partial charge in [-0.2, -0.15) is 17.6 Å². The van der Waals surface area contributed by atoms with Crippen molar-refractivity contribution in [2.24, 2.45) is 5.92 Å². The molecule has 0 saturated carbocycles. The van der Waals surface area contributed by atoms with E-state index in [4.69, 9.17) is 11.5 Å². The van der Waals surface area contributed by atoms with Gasteiger partial charge in [0, 0.05) is 37.7 Å². The van der Waals surface area contributed by atoms with Gasteiger partial charge in [0.1, 0.15) is 18.4 Å². The molecule has 3 heterocycles. The normalized spacial score (nSPS) is 16.4. The Hall–Kier alpha value is -3.16. The number of alkyl halides is 3. The second kappa shape index (κ2) is 13.2. The number of carbonyl (C=O) groups is 2. The number of nitrogen functional groups attached to an aromatic ring is 2. The zero-order valence-corrected chi connectivity index (χ0v) is 20.1. The molecule has 0 atom stereocenters. The minimum Gasteiger partial charge on any atom is -0.399 e. The summed E-state index contributed by atoms with van der Waals surface area (Å²) < 4.78 is 63.2. The first kappa shape index (κ1) is 29.1. The molecular formula is C22H27F5N6O2S. The van der Waals surface area contributed by atoms with Crippen LogP contribution < -0.4 is 16.4 Å². The lowest BCUT2D eigenvalue weighted by Gasteiger charge is -2.30. The van der Waals surface area contributed by atoms with E-state index in [9.17, 15) is 31.5 Å². The zero-order chi connectivity index (χ0) is 26.9. The molecule has 2 aliphatic rings. The molecule has 0 spiro atoms. The Kier molecular flexibility index (Phi) is 10.7. The molecule has 0 unspecified atom stereocenters. The number of thiol groups is 1. The number of aromatic nitrogens is 2. The average Bonchev–Trinajstić information content (AvgIpc) is 2.83. The van der Waals surface area contributed by atoms with Gasteiger partial charge in [0.05, 0.1) is 5.56 Å². The van der Waals surface area contributed by atoms with Gasteiger partial charge in [-0.3, -0.25) is 9.10 Å². The number of hydrogen-bond acceptors (Lipinski definition) is 8. The molecule has 0 radical (unpaired) electrons. The maximum absolute atomic E-state index is 13.6. The Morgan fingerprint density at radius 2 is 1.69 bits per heavy atom. The van der Waals surface area contributed by atoms with Crippen molar-refractivity contribution < 1.29 is 31.5 Å². The molecule has 198 valence electrons. The van der Waals surface area contributed by atoms with Crippen molar-refractivity contribution in [2.75, 3.05) is 36.0 Å². The van der Waals surface area contributed by atoms with Crippen LogP contribution >= 0.6 is 12.8 Å². The Balaban J connectivity index is 0.000000202. The smallest absolute Gasteiger partial charge is 0.399 e. The summed E-state index contributed by atoms with van der Waals surface area (Å²) in [5.74, 6) is -1.22. The van der Waals surface area contributed by atoms with Crippen LogP contribution in [0.4, 0.5) is 39.3 Å². The molecule has 1 aromatic heterocycles. The van der Waals surface area contributed by atoms with E-state index in [1.807, 2.05) is 0 Å². The summed E-state index contributed by atoms with van der Waals surface area (Å²) in [6.07, 6.45) is 1.95. The fourth-order valence-corrected chi connectivity index (χ4v) is 3.65. The van der Waals surface area contributed by atoms with E-state index < -0.39 is 23.4 Å². The molecule has 1 amide bonds. The van der Waals surface area contributed by atoms with Crippen molar-refractivity contribution in [2.45, 2.75) is 38.3 Å². The lowest BCUT2D eigenvalue weighted by atomic mass is 9.99. The number of hydrogen-bond donors (Lipinski definition) is 3. The van der Waals surface area contributed by atoms with Crippen LogP contribution in [0, 0.1) is 17.6 Å². The standard InChI is InChI=1S/C10H13FN4O.C7H5F4N.C5H9NOS/c11-8-9(12)13-6-14-10(8)15-3-1-7(5-16)2-4-15;8-5-1-4(7(9,10)11)2-6(12)3-5;7-5-3-1-2-4-6(5)8/h5-7H,1-4H2,(H2,12,13,14);1-3H,12H2;8H,1-4H2. The molecule has 2 aromatic rings. The van der Waals surface area contributed by atoms with Crippen molar-refractivity contribution in [3.8, 4) is 0 Å². The van der Waals surface area contributed by atoms with Gasteiger partial charge in [-0.05, 0) is 43.9 Å². The number of nitrogens with zero attached hydrogens (tertiary/aromatic N) is 4. The van der Waals surface area contributed by atoms with Crippen LogP contribution in [0.3, 0.4) is 0 Å². The molecule has 36 heavy (non-hydrogen) atoms. The number of amides is 1. The molecule has 1 aromatic carbocycles. The molecule has 2 fully saturated rings. The molecule has 0 bridgehead atoms. The van der Waals surface area contributed by atoms with Crippen molar-refractivity contribution in [3.63, 3.8) is 0 Å². The van der Waals surface area contributed by atoms with Gasteiger partial charge in [0.15, 0.2) is 11.6 Å². The van der Waals surface area contributed by atoms with Crippen LogP contribution in [0.25, 0.3) is 0 Å². The van der Waals surface area contributed by atoms with Crippen LogP contribution in [-0.2, 0) is 15.8 Å². The Morgan fingerprint density at radius 1 is 1.03 bits per heavy atom. The van der Waals surface area contributed by atoms with Gasteiger partial charge in [-0.15, -0.1) is 0 Å². The highest BCUT2D eigenvalue weighted by atomic mass is 32.1. The predicted octanol–water partition coefficient (Wildman–Crippen LogP) is 3.88. The quantitative estimate of drug-likeness (QED) is 0.232. The Labute approximate surface area is 210 Å². The van der Waals surface area contributed by atoms with Gasteiger partial charge in [-0.25, -0.2) is 14.4 Å². The maximum Gasteiger partial charge on any atom is 0.416 e. The van der Waals surface area contributed by atoms with Crippen LogP contribution in [0.5, 0.6) is 0 Å². The summed E-state index contributed by atoms with van der Waals surface area (Å²) in [6, 6.07) is 1.91. The number of anilines is 3. The van der Waals surface area contributed by atoms with Gasteiger partial charge in [0.2, 0.25) is 11.7 Å². The van der Waals surface area contributed by atoms with E-state index in [0.29, 0.717) is 31.6 Å². The number of rotatable bonds is 2. The third kappa shape index (κ3) is 8.81. The largest absolute Gasteiger partial charge is 0.416 e. The molecule has 2 saturated heterocycles. The molecule has 14 heteroatoms. The first-order chi connectivity index (χ1) is 16.9. The summed E-state index contributed by atoms with van der Waals surface area (Å²) in [4.78, 5) is 30.5. The number of piperidine rings is 2. The molecule has 4 rings (SSSR count). The average molecular weight is 535 g/mol. The van der Waals surface area contributed by atoms with E-state index >= 15 is 0 Å². The van der Waals surface area contributed by atoms with Crippen molar-refractivity contribution in [3.05, 3.63) is 41.7 Å². The first-order valence-electron chi connectivity index (χ1n) is 11.0. The summed E-state index contributed by atoms with van der Waals surface area (Å²) in [5.41, 5.74) is 9.08. The van der Waals surface area contributed by atoms with Crippen LogP contribution in [0.2, 0.25) is 0 Å². The second-order valence-electron chi connectivity index (χ2n) is 8.10. The molecule has 8 nitrogen and oxygen atoms in total. The number of carbonyl (C=O) groups excluding carboxylic acids is 2. The highest BCUT2D eigenvalue weighted by Crippen LogP contribution is 2.30. The molecular weight excluding hydrogens is 507 g/mol. The number of benzene rings is 1. The summed E-state index contributed by atoms with van der Waals surface area (Å²) in [7, 11) is 0. The minimum absolute atomic E-state index is 0.0819. The summed E-state index contributed by atoms with van der Waals surface area (Å²) >= 11 is 3.94. The summed E-state index contributed by atoms with van der Waals surface area (Å²) in [5, 5.41) is 0. The first-order valence-corrected chi connectivity index (χ1v) is 11.4. The Bertz CT molecular complexity index is 1010. The Morgan fingerprint density at radius 3 is 2.19 bits per heavy atom. The topological polar surface area (TPSA) is 118 Å². The lowest BCUT2D eigenvalue weighted by Crippen LogP contribution is -2.35. The fraction of sp³-hybridized carbons (Fsp3) is 0.455. The minimum atomic E-state index is -4.55. The van der Waals surface area contributed by atoms with E-state index in [1.165, 1.54) is 10.6 Å². The SMILES string of the molecule is Nc1cc(F)cc(C(F)(F)F)c1.Nc1ncnc(N2CCC(C=O)CC2)c1F.O=C1CCCCN1S. The van der Waals surface area contributed by atoms with Crippen molar-refractivity contribution in [1.29, 1.82) is 0 Å². The van der Waals surface area contributed by atoms with Crippen molar-refractivity contribution in [1.82, 2.24) is 14.3 Å². The van der Waals surface area contributed by atoms with Crippen LogP contribution in [0.15, 0.2) is 24.5 Å². The van der Waals surface area contributed by atoms with Gasteiger partial charge < -0.3 is 21.2 Å². The van der Waals surface area contributed by atoms with Crippen LogP contribution in [0.1, 0.15) is 37.7 Å². The van der Waals surface area contributed by atoms with Gasteiger partial charge in [0.25, 0.3) is 0 Å². The third-order valence-electron chi connectivity index (χ3n) is 5.38. The summed E-state index contributed by atoms with van der Waals surface area (Å²) in [6.45, 7) is 2.06. The third-order valence-corrected chi connectivity index (χ3v) is 5.80. The number of halogens is 5. The predicted molar refractivity (Wildman–Crippen MR) is 128 cm³/mol. The monoisotopic (exact) mass is 534 g/mol. The maximum atomic E-state index is 13.6. The molecule has 4 N–H and O–H groups in total. The van der Waals surface area contributed by atoms with Crippen molar-refractivity contribution >= 4 is 42.3 Å². The fourth-order valence-electron chi connectivity index (χ4n) is 3.41. The van der Waals surface area contributed by atoms with E-state index in [1.54, 1.807) is 4.90 Å². The van der Waals surface area contributed by atoms with Gasteiger partial charge >= 0.3 is 6.18 Å². The van der Waals surface area contributed by atoms with Gasteiger partial charge in [-0.1, -0.05) is 12.8 Å². The van der Waals surface area contributed by atoms with E-state index in [-0.39, 0.29) is 29.1 Å².